The topological polar surface area (TPSA) is 166 Å². The van der Waals surface area contributed by atoms with Crippen molar-refractivity contribution < 1.29 is 33.1 Å². The summed E-state index contributed by atoms with van der Waals surface area (Å²) in [6.07, 6.45) is 1.23. The Hall–Kier alpha value is -5.14. The fourth-order valence-electron chi connectivity index (χ4n) is 6.52. The minimum absolute atomic E-state index is 0.193. The number of amides is 5. The van der Waals surface area contributed by atoms with Crippen LogP contribution in [0.25, 0.3) is 11.1 Å². The molecule has 2 fully saturated rings. The van der Waals surface area contributed by atoms with Gasteiger partial charge in [-0.25, -0.2) is 0 Å². The Morgan fingerprint density at radius 1 is 0.898 bits per heavy atom. The van der Waals surface area contributed by atoms with Crippen LogP contribution in [0.15, 0.2) is 52.9 Å². The molecule has 2 saturated heterocycles. The van der Waals surface area contributed by atoms with Crippen LogP contribution >= 0.6 is 0 Å². The Kier molecular flexibility index (Phi) is 10.0. The largest absolute Gasteiger partial charge is 0.484 e. The predicted molar refractivity (Wildman–Crippen MR) is 179 cm³/mol. The molecule has 4 atom stereocenters. The Morgan fingerprint density at radius 2 is 1.63 bits per heavy atom. The summed E-state index contributed by atoms with van der Waals surface area (Å²) in [5.41, 5.74) is 2.22. The highest BCUT2D eigenvalue weighted by molar-refractivity contribution is 5.96. The Bertz CT molecular complexity index is 1670. The average molecular weight is 674 g/mol. The van der Waals surface area contributed by atoms with Crippen LogP contribution in [0.5, 0.6) is 5.75 Å². The van der Waals surface area contributed by atoms with Crippen molar-refractivity contribution in [1.82, 2.24) is 30.7 Å². The van der Waals surface area contributed by atoms with E-state index in [-0.39, 0.29) is 30.8 Å². The number of nitrogens with zero attached hydrogens (tertiary/aromatic N) is 4. The van der Waals surface area contributed by atoms with Gasteiger partial charge < -0.3 is 39.8 Å². The summed E-state index contributed by atoms with van der Waals surface area (Å²) in [6, 6.07) is 11.4. The van der Waals surface area contributed by atoms with E-state index in [2.05, 4.69) is 20.9 Å². The lowest BCUT2D eigenvalue weighted by molar-refractivity contribution is -0.143. The molecule has 0 spiro atoms. The zero-order valence-electron chi connectivity index (χ0n) is 28.0. The van der Waals surface area contributed by atoms with Crippen molar-refractivity contribution in [2.24, 2.45) is 5.92 Å². The maximum absolute atomic E-state index is 14.0. The number of anilines is 1. The fraction of sp³-hybridized carbons (Fsp3) is 0.486. The average Bonchev–Trinajstić information content (AvgIpc) is 3.77. The number of ether oxygens (including phenoxy) is 1. The van der Waals surface area contributed by atoms with Crippen molar-refractivity contribution >= 4 is 46.7 Å². The third-order valence-corrected chi connectivity index (χ3v) is 9.33. The number of fused-ring (bicyclic) bond motifs is 14. The smallest absolute Gasteiger partial charge is 0.298 e. The van der Waals surface area contributed by atoms with Crippen molar-refractivity contribution in [3.05, 3.63) is 54.1 Å². The van der Waals surface area contributed by atoms with Crippen LogP contribution in [0, 0.1) is 5.92 Å². The summed E-state index contributed by atoms with van der Waals surface area (Å²) in [6.45, 7) is 7.05. The van der Waals surface area contributed by atoms with Gasteiger partial charge in [-0.15, -0.1) is 0 Å². The van der Waals surface area contributed by atoms with E-state index in [0.29, 0.717) is 62.9 Å². The monoisotopic (exact) mass is 673 g/mol. The second-order valence-electron chi connectivity index (χ2n) is 13.2. The predicted octanol–water partition coefficient (Wildman–Crippen LogP) is 1.23. The third-order valence-electron chi connectivity index (χ3n) is 9.33. The number of benzene rings is 2. The second-order valence-corrected chi connectivity index (χ2v) is 13.2. The van der Waals surface area contributed by atoms with Crippen molar-refractivity contribution in [3.8, 4) is 5.75 Å². The van der Waals surface area contributed by atoms with E-state index >= 15 is 0 Å². The highest BCUT2D eigenvalue weighted by atomic mass is 16.5. The molecule has 2 bridgehead atoms. The number of oxazole rings is 1. The molecule has 0 aliphatic carbocycles. The highest BCUT2D eigenvalue weighted by Gasteiger charge is 2.40. The number of rotatable bonds is 3. The van der Waals surface area contributed by atoms with Crippen LogP contribution in [-0.4, -0.2) is 108 Å². The van der Waals surface area contributed by atoms with E-state index in [1.54, 1.807) is 36.1 Å². The summed E-state index contributed by atoms with van der Waals surface area (Å²) in [5.74, 6) is -1.84. The lowest BCUT2D eigenvalue weighted by Gasteiger charge is -2.36. The molecule has 5 heterocycles. The number of nitrogens with one attached hydrogen (secondary N) is 3. The number of hydrogen-bond acceptors (Lipinski definition) is 9. The number of piperazine rings is 1. The molecule has 260 valence electrons. The summed E-state index contributed by atoms with van der Waals surface area (Å²) in [7, 11) is 0. The molecule has 7 rings (SSSR count). The van der Waals surface area contributed by atoms with E-state index in [4.69, 9.17) is 9.15 Å². The van der Waals surface area contributed by atoms with Gasteiger partial charge in [-0.3, -0.25) is 24.0 Å². The second kappa shape index (κ2) is 14.5. The molecule has 49 heavy (non-hydrogen) atoms. The summed E-state index contributed by atoms with van der Waals surface area (Å²) in [4.78, 5) is 77.2. The Labute approximate surface area is 284 Å². The first-order valence-corrected chi connectivity index (χ1v) is 16.9. The summed E-state index contributed by atoms with van der Waals surface area (Å²) < 4.78 is 11.6. The van der Waals surface area contributed by atoms with Crippen molar-refractivity contribution in [3.63, 3.8) is 0 Å². The van der Waals surface area contributed by atoms with Crippen LogP contribution in [0.3, 0.4) is 0 Å². The van der Waals surface area contributed by atoms with Crippen LogP contribution in [0.1, 0.15) is 39.2 Å². The van der Waals surface area contributed by atoms with Crippen molar-refractivity contribution in [1.29, 1.82) is 0 Å². The van der Waals surface area contributed by atoms with Gasteiger partial charge in [0.05, 0.1) is 0 Å². The Balaban J connectivity index is 1.19. The van der Waals surface area contributed by atoms with Crippen LogP contribution < -0.4 is 25.6 Å². The van der Waals surface area contributed by atoms with E-state index in [1.165, 1.54) is 4.90 Å². The maximum atomic E-state index is 14.0. The third kappa shape index (κ3) is 7.63. The minimum atomic E-state index is -0.977. The van der Waals surface area contributed by atoms with Gasteiger partial charge in [0.1, 0.15) is 35.4 Å². The number of para-hydroxylation sites is 2. The normalized spacial score (nSPS) is 24.4. The number of aromatic nitrogens is 1. The van der Waals surface area contributed by atoms with Crippen LogP contribution in [0.4, 0.5) is 6.01 Å². The molecule has 4 aliphatic rings. The molecule has 3 aromatic rings. The molecular weight excluding hydrogens is 630 g/mol. The lowest BCUT2D eigenvalue weighted by Crippen LogP contribution is -2.59. The molecule has 0 radical (unpaired) electrons. The molecule has 1 aromatic heterocycles. The van der Waals surface area contributed by atoms with E-state index in [1.807, 2.05) is 43.0 Å². The number of hydrogen-bond donors (Lipinski definition) is 3. The van der Waals surface area contributed by atoms with E-state index < -0.39 is 41.9 Å². The zero-order valence-corrected chi connectivity index (χ0v) is 28.0. The van der Waals surface area contributed by atoms with E-state index in [9.17, 15) is 24.0 Å². The molecule has 5 amide bonds. The van der Waals surface area contributed by atoms with Gasteiger partial charge in [-0.2, -0.15) is 4.98 Å². The maximum Gasteiger partial charge on any atom is 0.298 e. The first kappa shape index (κ1) is 33.7. The number of carbonyl (C=O) groups excluding carboxylic acids is 5. The molecular formula is C35H43N7O7. The number of carbonyl (C=O) groups is 5. The van der Waals surface area contributed by atoms with Gasteiger partial charge in [0.15, 0.2) is 12.2 Å². The molecule has 3 N–H and O–H groups in total. The van der Waals surface area contributed by atoms with Gasteiger partial charge >= 0.3 is 0 Å². The Morgan fingerprint density at radius 3 is 2.35 bits per heavy atom. The molecule has 14 nitrogen and oxygen atoms in total. The first-order chi connectivity index (χ1) is 23.6. The SMILES string of the molecule is CC(C)[C@@H]1NC(=O)COc2ccc(cc2)C[C@@H](C(=O)N2CCN(c3nc4ccccc4o3)CC2)NC(=O)[C@H](C)NC(=O)[C@H]2CCCN2C1=O. The van der Waals surface area contributed by atoms with Crippen LogP contribution in [-0.2, 0) is 30.4 Å². The highest BCUT2D eigenvalue weighted by Crippen LogP contribution is 2.24. The van der Waals surface area contributed by atoms with Crippen molar-refractivity contribution in [2.45, 2.75) is 64.2 Å². The minimum Gasteiger partial charge on any atom is -0.484 e. The molecule has 0 saturated carbocycles. The first-order valence-electron chi connectivity index (χ1n) is 16.9. The quantitative estimate of drug-likeness (QED) is 0.371. The molecule has 4 aliphatic heterocycles. The van der Waals surface area contributed by atoms with Gasteiger partial charge in [-0.05, 0) is 55.5 Å². The van der Waals surface area contributed by atoms with Gasteiger partial charge in [0, 0.05) is 39.1 Å². The molecule has 2 aromatic carbocycles. The zero-order chi connectivity index (χ0) is 34.7. The molecule has 14 heteroatoms. The summed E-state index contributed by atoms with van der Waals surface area (Å²) in [5, 5.41) is 8.42. The summed E-state index contributed by atoms with van der Waals surface area (Å²) >= 11 is 0. The lowest BCUT2D eigenvalue weighted by atomic mass is 10.0. The van der Waals surface area contributed by atoms with E-state index in [0.717, 1.165) is 11.1 Å². The standard InChI is InChI=1S/C35H43N7O7/c1-21(2)30-34(47)42-14-6-8-27(42)32(45)36-22(3)31(44)37-26(19-23-10-12-24(13-11-23)48-20-29(43)39-30)33(46)40-15-17-41(18-16-40)35-38-25-7-4-5-9-28(25)49-35/h4-5,7,9-13,21-22,26-27,30H,6,8,14-20H2,1-3H3,(H,36,45)(H,37,44)(H,39,43)/t22-,26-,27+,30-/m0/s1. The van der Waals surface area contributed by atoms with Gasteiger partial charge in [-0.1, -0.05) is 38.1 Å². The molecule has 0 unspecified atom stereocenters. The fourth-order valence-corrected chi connectivity index (χ4v) is 6.52. The van der Waals surface area contributed by atoms with Crippen molar-refractivity contribution in [2.75, 3.05) is 44.2 Å². The van der Waals surface area contributed by atoms with Gasteiger partial charge in [0.2, 0.25) is 23.6 Å². The van der Waals surface area contributed by atoms with Crippen LogP contribution in [0.2, 0.25) is 0 Å². The van der Waals surface area contributed by atoms with Gasteiger partial charge in [0.25, 0.3) is 11.9 Å².